The van der Waals surface area contributed by atoms with Crippen LogP contribution in [-0.4, -0.2) is 5.91 Å². The van der Waals surface area contributed by atoms with Gasteiger partial charge in [-0.3, -0.25) is 4.79 Å². The number of fused-ring (bicyclic) bond motifs is 1. The van der Waals surface area contributed by atoms with Crippen molar-refractivity contribution in [1.29, 1.82) is 0 Å². The number of hydrogen-bond acceptors (Lipinski definition) is 1. The summed E-state index contributed by atoms with van der Waals surface area (Å²) in [5, 5.41) is 3.72. The van der Waals surface area contributed by atoms with Crippen LogP contribution in [0, 0.1) is 0 Å². The second-order valence-electron chi connectivity index (χ2n) is 6.29. The van der Waals surface area contributed by atoms with Crippen LogP contribution in [0.3, 0.4) is 0 Å². The number of rotatable bonds is 4. The number of carbonyl (C=O) groups is 1. The standard InChI is InChI=1S/C20H22ClNO/c1-14(16-11-10-15-6-2-3-7-17(15)12-16)22-20(23)13-18-8-4-5-9-19(18)21/h4-5,8-12,14H,2-3,6-7,13H2,1H3,(H,22,23). The van der Waals surface area contributed by atoms with Gasteiger partial charge in [0.2, 0.25) is 5.91 Å². The summed E-state index contributed by atoms with van der Waals surface area (Å²) < 4.78 is 0. The molecule has 2 aromatic rings. The fourth-order valence-corrected chi connectivity index (χ4v) is 3.42. The van der Waals surface area contributed by atoms with Crippen molar-refractivity contribution < 1.29 is 4.79 Å². The van der Waals surface area contributed by atoms with Gasteiger partial charge in [-0.05, 0) is 60.9 Å². The van der Waals surface area contributed by atoms with Crippen LogP contribution in [0.1, 0.15) is 48.1 Å². The Bertz CT molecular complexity index is 711. The van der Waals surface area contributed by atoms with E-state index in [4.69, 9.17) is 11.6 Å². The van der Waals surface area contributed by atoms with Crippen molar-refractivity contribution in [2.24, 2.45) is 0 Å². The highest BCUT2D eigenvalue weighted by atomic mass is 35.5. The van der Waals surface area contributed by atoms with Gasteiger partial charge in [0.25, 0.3) is 0 Å². The van der Waals surface area contributed by atoms with E-state index in [1.54, 1.807) is 0 Å². The molecule has 1 N–H and O–H groups in total. The number of nitrogens with one attached hydrogen (secondary N) is 1. The summed E-state index contributed by atoms with van der Waals surface area (Å²) in [5.41, 5.74) is 4.96. The molecule has 0 aromatic heterocycles. The van der Waals surface area contributed by atoms with Crippen LogP contribution in [0.25, 0.3) is 0 Å². The highest BCUT2D eigenvalue weighted by molar-refractivity contribution is 6.31. The van der Waals surface area contributed by atoms with E-state index in [2.05, 4.69) is 23.5 Å². The predicted molar refractivity (Wildman–Crippen MR) is 94.8 cm³/mol. The SMILES string of the molecule is CC(NC(=O)Cc1ccccc1Cl)c1ccc2c(c1)CCCC2. The molecule has 0 heterocycles. The first-order valence-corrected chi connectivity index (χ1v) is 8.66. The number of benzene rings is 2. The Morgan fingerprint density at radius 3 is 2.65 bits per heavy atom. The van der Waals surface area contributed by atoms with E-state index in [1.807, 2.05) is 31.2 Å². The van der Waals surface area contributed by atoms with Crippen molar-refractivity contribution in [2.75, 3.05) is 0 Å². The first-order chi connectivity index (χ1) is 11.1. The van der Waals surface area contributed by atoms with Crippen molar-refractivity contribution >= 4 is 17.5 Å². The second-order valence-corrected chi connectivity index (χ2v) is 6.70. The molecule has 3 rings (SSSR count). The molecule has 120 valence electrons. The highest BCUT2D eigenvalue weighted by Gasteiger charge is 2.14. The number of amides is 1. The van der Waals surface area contributed by atoms with Gasteiger partial charge < -0.3 is 5.32 Å². The van der Waals surface area contributed by atoms with Crippen molar-refractivity contribution in [1.82, 2.24) is 5.32 Å². The smallest absolute Gasteiger partial charge is 0.224 e. The molecule has 2 aromatic carbocycles. The molecule has 0 saturated carbocycles. The van der Waals surface area contributed by atoms with E-state index in [1.165, 1.54) is 36.0 Å². The zero-order chi connectivity index (χ0) is 16.2. The van der Waals surface area contributed by atoms with E-state index >= 15 is 0 Å². The number of aryl methyl sites for hydroxylation is 2. The highest BCUT2D eigenvalue weighted by Crippen LogP contribution is 2.25. The van der Waals surface area contributed by atoms with E-state index in [9.17, 15) is 4.79 Å². The van der Waals surface area contributed by atoms with Gasteiger partial charge in [0, 0.05) is 5.02 Å². The van der Waals surface area contributed by atoms with Gasteiger partial charge in [-0.25, -0.2) is 0 Å². The van der Waals surface area contributed by atoms with Crippen LogP contribution in [-0.2, 0) is 24.1 Å². The minimum atomic E-state index is 0.00307. The Kier molecular flexibility index (Phi) is 5.02. The molecule has 23 heavy (non-hydrogen) atoms. The van der Waals surface area contributed by atoms with Crippen molar-refractivity contribution in [3.05, 3.63) is 69.7 Å². The van der Waals surface area contributed by atoms with Gasteiger partial charge in [0.1, 0.15) is 0 Å². The largest absolute Gasteiger partial charge is 0.349 e. The Labute approximate surface area is 142 Å². The molecule has 1 atom stereocenters. The lowest BCUT2D eigenvalue weighted by molar-refractivity contribution is -0.121. The summed E-state index contributed by atoms with van der Waals surface area (Å²) in [5.74, 6) is 0.00307. The summed E-state index contributed by atoms with van der Waals surface area (Å²) in [6.45, 7) is 2.04. The Morgan fingerprint density at radius 2 is 1.87 bits per heavy atom. The number of halogens is 1. The van der Waals surface area contributed by atoms with Crippen LogP contribution in [0.15, 0.2) is 42.5 Å². The fourth-order valence-electron chi connectivity index (χ4n) is 3.21. The minimum Gasteiger partial charge on any atom is -0.349 e. The zero-order valence-corrected chi connectivity index (χ0v) is 14.2. The predicted octanol–water partition coefficient (Wildman–Crippen LogP) is 4.64. The van der Waals surface area contributed by atoms with E-state index in [0.717, 1.165) is 12.0 Å². The second kappa shape index (κ2) is 7.18. The summed E-state index contributed by atoms with van der Waals surface area (Å²) in [6.07, 6.45) is 5.21. The lowest BCUT2D eigenvalue weighted by Gasteiger charge is -2.20. The maximum absolute atomic E-state index is 12.3. The topological polar surface area (TPSA) is 29.1 Å². The lowest BCUT2D eigenvalue weighted by atomic mass is 9.89. The van der Waals surface area contributed by atoms with Crippen LogP contribution < -0.4 is 5.32 Å². The molecule has 2 nitrogen and oxygen atoms in total. The molecule has 0 saturated heterocycles. The molecule has 3 heteroatoms. The third kappa shape index (κ3) is 3.94. The van der Waals surface area contributed by atoms with Gasteiger partial charge in [0.05, 0.1) is 12.5 Å². The molecular weight excluding hydrogens is 306 g/mol. The van der Waals surface area contributed by atoms with Crippen LogP contribution in [0.5, 0.6) is 0 Å². The molecule has 0 fully saturated rings. The van der Waals surface area contributed by atoms with Gasteiger partial charge in [0.15, 0.2) is 0 Å². The Hall–Kier alpha value is -1.80. The molecule has 1 amide bonds. The van der Waals surface area contributed by atoms with E-state index < -0.39 is 0 Å². The molecule has 0 bridgehead atoms. The third-order valence-corrected chi connectivity index (χ3v) is 4.93. The maximum Gasteiger partial charge on any atom is 0.224 e. The molecule has 1 aliphatic rings. The monoisotopic (exact) mass is 327 g/mol. The van der Waals surface area contributed by atoms with E-state index in [0.29, 0.717) is 11.4 Å². The van der Waals surface area contributed by atoms with Crippen LogP contribution in [0.2, 0.25) is 5.02 Å². The van der Waals surface area contributed by atoms with Crippen molar-refractivity contribution in [3.8, 4) is 0 Å². The molecule has 1 unspecified atom stereocenters. The normalized spacial score (nSPS) is 14.9. The molecular formula is C20H22ClNO. The Morgan fingerprint density at radius 1 is 1.13 bits per heavy atom. The molecule has 0 spiro atoms. The third-order valence-electron chi connectivity index (χ3n) is 4.56. The van der Waals surface area contributed by atoms with Gasteiger partial charge >= 0.3 is 0 Å². The minimum absolute atomic E-state index is 0.00307. The summed E-state index contributed by atoms with van der Waals surface area (Å²) in [7, 11) is 0. The van der Waals surface area contributed by atoms with Gasteiger partial charge in [-0.1, -0.05) is 48.0 Å². The van der Waals surface area contributed by atoms with Gasteiger partial charge in [-0.2, -0.15) is 0 Å². The number of hydrogen-bond donors (Lipinski definition) is 1. The molecule has 0 aliphatic heterocycles. The average Bonchev–Trinajstić information content (AvgIpc) is 2.56. The quantitative estimate of drug-likeness (QED) is 0.871. The van der Waals surface area contributed by atoms with Crippen molar-refractivity contribution in [3.63, 3.8) is 0 Å². The summed E-state index contributed by atoms with van der Waals surface area (Å²) >= 11 is 6.12. The first-order valence-electron chi connectivity index (χ1n) is 8.28. The fraction of sp³-hybridized carbons (Fsp3) is 0.350. The first kappa shape index (κ1) is 16.1. The molecule has 0 radical (unpaired) electrons. The van der Waals surface area contributed by atoms with Crippen LogP contribution >= 0.6 is 11.6 Å². The van der Waals surface area contributed by atoms with Crippen molar-refractivity contribution in [2.45, 2.75) is 45.1 Å². The average molecular weight is 328 g/mol. The summed E-state index contributed by atoms with van der Waals surface area (Å²) in [6, 6.07) is 14.1. The zero-order valence-electron chi connectivity index (χ0n) is 13.4. The molecule has 1 aliphatic carbocycles. The summed E-state index contributed by atoms with van der Waals surface area (Å²) in [4.78, 5) is 12.3. The number of carbonyl (C=O) groups excluding carboxylic acids is 1. The van der Waals surface area contributed by atoms with Crippen LogP contribution in [0.4, 0.5) is 0 Å². The Balaban J connectivity index is 1.65. The van der Waals surface area contributed by atoms with E-state index in [-0.39, 0.29) is 11.9 Å². The van der Waals surface area contributed by atoms with Gasteiger partial charge in [-0.15, -0.1) is 0 Å². The maximum atomic E-state index is 12.3. The lowest BCUT2D eigenvalue weighted by Crippen LogP contribution is -2.28.